The van der Waals surface area contributed by atoms with E-state index in [1.807, 2.05) is 73.5 Å². The van der Waals surface area contributed by atoms with E-state index < -0.39 is 0 Å². The lowest BCUT2D eigenvalue weighted by atomic mass is 10.2. The molecule has 10 nitrogen and oxygen atoms in total. The highest BCUT2D eigenvalue weighted by molar-refractivity contribution is 5.60. The van der Waals surface area contributed by atoms with Crippen molar-refractivity contribution in [2.75, 3.05) is 19.2 Å². The molecule has 0 unspecified atom stereocenters. The third-order valence-electron chi connectivity index (χ3n) is 4.55. The molecule has 1 aliphatic rings. The summed E-state index contributed by atoms with van der Waals surface area (Å²) in [6.45, 7) is 4.08. The molecule has 2 heterocycles. The lowest BCUT2D eigenvalue weighted by Crippen LogP contribution is -2.28. The van der Waals surface area contributed by atoms with E-state index in [-0.39, 0.29) is 6.04 Å². The molecule has 2 aromatic carbocycles. The van der Waals surface area contributed by atoms with Crippen molar-refractivity contribution in [3.8, 4) is 17.2 Å². The Morgan fingerprint density at radius 3 is 2.00 bits per heavy atom. The van der Waals surface area contributed by atoms with E-state index in [0.29, 0.717) is 5.82 Å². The van der Waals surface area contributed by atoms with Gasteiger partial charge in [-0.3, -0.25) is 0 Å². The van der Waals surface area contributed by atoms with Crippen molar-refractivity contribution in [3.63, 3.8) is 0 Å². The van der Waals surface area contributed by atoms with Crippen LogP contribution in [0.5, 0.6) is 11.5 Å². The zero-order chi connectivity index (χ0) is 21.1. The Labute approximate surface area is 174 Å². The number of hydrogen-bond donors (Lipinski definition) is 0. The molecule has 1 aliphatic heterocycles. The molecule has 4 rings (SSSR count). The lowest BCUT2D eigenvalue weighted by Gasteiger charge is -2.23. The summed E-state index contributed by atoms with van der Waals surface area (Å²) < 4.78 is 12.1. The first-order chi connectivity index (χ1) is 14.6. The highest BCUT2D eigenvalue weighted by atomic mass is 16.5. The molecule has 0 N–H and O–H groups in total. The SMILES string of the molecule is COc1ccc(N2N=NN(C(C)C)/C2=C/c2nnnn2-c2ccc(OC)cc2)cc1. The van der Waals surface area contributed by atoms with Gasteiger partial charge in [-0.25, -0.2) is 5.01 Å². The van der Waals surface area contributed by atoms with Crippen LogP contribution in [-0.2, 0) is 0 Å². The summed E-state index contributed by atoms with van der Waals surface area (Å²) in [5.74, 6) is 2.81. The molecule has 0 spiro atoms. The Hall–Kier alpha value is -3.95. The second-order valence-corrected chi connectivity index (χ2v) is 6.78. The second-order valence-electron chi connectivity index (χ2n) is 6.78. The Morgan fingerprint density at radius 2 is 1.43 bits per heavy atom. The number of hydrogen-bond acceptors (Lipinski definition) is 9. The van der Waals surface area contributed by atoms with E-state index in [9.17, 15) is 0 Å². The highest BCUT2D eigenvalue weighted by Gasteiger charge is 2.28. The van der Waals surface area contributed by atoms with Gasteiger partial charge in [0.15, 0.2) is 11.6 Å². The van der Waals surface area contributed by atoms with E-state index in [0.717, 1.165) is 28.7 Å². The monoisotopic (exact) mass is 406 g/mol. The smallest absolute Gasteiger partial charge is 0.183 e. The topological polar surface area (TPSA) is 93.3 Å². The van der Waals surface area contributed by atoms with Gasteiger partial charge < -0.3 is 9.47 Å². The Balaban J connectivity index is 1.72. The van der Waals surface area contributed by atoms with Gasteiger partial charge in [0.25, 0.3) is 0 Å². The van der Waals surface area contributed by atoms with Gasteiger partial charge in [-0.2, -0.15) is 9.69 Å². The summed E-state index contributed by atoms with van der Waals surface area (Å²) in [6.07, 6.45) is 1.86. The van der Waals surface area contributed by atoms with Crippen molar-refractivity contribution < 1.29 is 9.47 Å². The average Bonchev–Trinajstić information content (AvgIpc) is 3.41. The number of rotatable bonds is 6. The molecule has 0 saturated carbocycles. The summed E-state index contributed by atoms with van der Waals surface area (Å²) in [5, 5.41) is 24.4. The van der Waals surface area contributed by atoms with E-state index >= 15 is 0 Å². The molecule has 0 bridgehead atoms. The van der Waals surface area contributed by atoms with Crippen molar-refractivity contribution >= 4 is 11.8 Å². The van der Waals surface area contributed by atoms with Crippen molar-refractivity contribution in [1.29, 1.82) is 0 Å². The van der Waals surface area contributed by atoms with Crippen LogP contribution in [0.2, 0.25) is 0 Å². The minimum Gasteiger partial charge on any atom is -0.497 e. The maximum absolute atomic E-state index is 5.25. The molecule has 10 heteroatoms. The molecular formula is C20H22N8O2. The van der Waals surface area contributed by atoms with Crippen LogP contribution in [0.1, 0.15) is 19.7 Å². The van der Waals surface area contributed by atoms with Crippen molar-refractivity contribution in [2.45, 2.75) is 19.9 Å². The average molecular weight is 406 g/mol. The van der Waals surface area contributed by atoms with Crippen molar-refractivity contribution in [1.82, 2.24) is 25.2 Å². The van der Waals surface area contributed by atoms with Crippen molar-refractivity contribution in [3.05, 3.63) is 60.2 Å². The number of ether oxygens (including phenoxy) is 2. The Morgan fingerprint density at radius 1 is 0.833 bits per heavy atom. The number of benzene rings is 2. The van der Waals surface area contributed by atoms with Crippen LogP contribution in [0.15, 0.2) is 64.8 Å². The van der Waals surface area contributed by atoms with Gasteiger partial charge in [-0.1, -0.05) is 0 Å². The summed E-state index contributed by atoms with van der Waals surface area (Å²) in [6, 6.07) is 15.2. The molecule has 30 heavy (non-hydrogen) atoms. The van der Waals surface area contributed by atoms with Crippen LogP contribution in [-0.4, -0.2) is 45.5 Å². The van der Waals surface area contributed by atoms with Crippen LogP contribution >= 0.6 is 0 Å². The summed E-state index contributed by atoms with van der Waals surface area (Å²) in [7, 11) is 3.26. The number of aromatic nitrogens is 4. The number of nitrogens with zero attached hydrogens (tertiary/aromatic N) is 8. The standard InChI is InChI=1S/C20H22N8O2/c1-14(2)26-20(28(25-24-26)16-7-11-18(30-4)12-8-16)13-19-21-22-23-27(19)15-5-9-17(29-3)10-6-15/h5-14H,1-4H3/b20-13-. The third-order valence-corrected chi connectivity index (χ3v) is 4.55. The molecule has 1 aromatic heterocycles. The first-order valence-corrected chi connectivity index (χ1v) is 9.40. The molecular weight excluding hydrogens is 384 g/mol. The molecule has 0 saturated heterocycles. The van der Waals surface area contributed by atoms with E-state index in [2.05, 4.69) is 26.0 Å². The minimum atomic E-state index is 0.0913. The van der Waals surface area contributed by atoms with E-state index in [4.69, 9.17) is 9.47 Å². The largest absolute Gasteiger partial charge is 0.497 e. The summed E-state index contributed by atoms with van der Waals surface area (Å²) in [5.41, 5.74) is 1.66. The molecule has 0 radical (unpaired) electrons. The Kier molecular flexibility index (Phi) is 5.29. The summed E-state index contributed by atoms with van der Waals surface area (Å²) >= 11 is 0. The third kappa shape index (κ3) is 3.66. The maximum atomic E-state index is 5.25. The molecule has 0 aliphatic carbocycles. The zero-order valence-corrected chi connectivity index (χ0v) is 17.2. The van der Waals surface area contributed by atoms with Crippen LogP contribution in [0, 0.1) is 0 Å². The quantitative estimate of drug-likeness (QED) is 0.618. The number of anilines is 1. The zero-order valence-electron chi connectivity index (χ0n) is 17.2. The molecule has 3 aromatic rings. The van der Waals surface area contributed by atoms with Crippen molar-refractivity contribution in [2.24, 2.45) is 10.4 Å². The summed E-state index contributed by atoms with van der Waals surface area (Å²) in [4.78, 5) is 0. The fourth-order valence-corrected chi connectivity index (χ4v) is 2.98. The first-order valence-electron chi connectivity index (χ1n) is 9.40. The van der Waals surface area contributed by atoms with E-state index in [1.165, 1.54) is 0 Å². The van der Waals surface area contributed by atoms with Crippen LogP contribution in [0.25, 0.3) is 11.8 Å². The second kappa shape index (κ2) is 8.19. The Bertz CT molecular complexity index is 1060. The first kappa shape index (κ1) is 19.4. The van der Waals surface area contributed by atoms with Crippen LogP contribution in [0.3, 0.4) is 0 Å². The van der Waals surface area contributed by atoms with Gasteiger partial charge in [0.2, 0.25) is 0 Å². The predicted octanol–water partition coefficient (Wildman–Crippen LogP) is 3.49. The number of methoxy groups -OCH3 is 2. The van der Waals surface area contributed by atoms with Gasteiger partial charge in [0, 0.05) is 6.08 Å². The van der Waals surface area contributed by atoms with Gasteiger partial charge in [0.05, 0.1) is 31.6 Å². The lowest BCUT2D eigenvalue weighted by molar-refractivity contribution is 0.307. The predicted molar refractivity (Wildman–Crippen MR) is 111 cm³/mol. The van der Waals surface area contributed by atoms with Crippen LogP contribution < -0.4 is 14.5 Å². The van der Waals surface area contributed by atoms with Gasteiger partial charge >= 0.3 is 0 Å². The molecule has 154 valence electrons. The number of tetrazole rings is 1. The maximum Gasteiger partial charge on any atom is 0.183 e. The van der Waals surface area contributed by atoms with Crippen LogP contribution in [0.4, 0.5) is 5.69 Å². The minimum absolute atomic E-state index is 0.0913. The van der Waals surface area contributed by atoms with E-state index in [1.54, 1.807) is 23.9 Å². The molecule has 0 amide bonds. The highest BCUT2D eigenvalue weighted by Crippen LogP contribution is 2.31. The fraction of sp³-hybridized carbons (Fsp3) is 0.250. The molecule has 0 atom stereocenters. The van der Waals surface area contributed by atoms with Gasteiger partial charge in [-0.05, 0) is 83.3 Å². The van der Waals surface area contributed by atoms with Gasteiger partial charge in [-0.15, -0.1) is 5.10 Å². The fourth-order valence-electron chi connectivity index (χ4n) is 2.98. The normalized spacial score (nSPS) is 14.8. The molecule has 0 fully saturated rings. The van der Waals surface area contributed by atoms with Gasteiger partial charge in [0.1, 0.15) is 11.5 Å².